The van der Waals surface area contributed by atoms with E-state index in [-0.39, 0.29) is 0 Å². The largest absolute Gasteiger partial charge is 0.345 e. The molecule has 0 unspecified atom stereocenters. The summed E-state index contributed by atoms with van der Waals surface area (Å²) < 4.78 is 6.46. The van der Waals surface area contributed by atoms with Crippen molar-refractivity contribution in [1.82, 2.24) is 0 Å². The predicted octanol–water partition coefficient (Wildman–Crippen LogP) is 7.10. The van der Waals surface area contributed by atoms with Crippen LogP contribution < -0.4 is 15.9 Å². The third kappa shape index (κ3) is 6.76. The zero-order chi connectivity index (χ0) is 21.6. The third-order valence-electron chi connectivity index (χ3n) is 6.02. The van der Waals surface area contributed by atoms with Gasteiger partial charge in [-0.25, -0.2) is 0 Å². The topological polar surface area (TPSA) is 9.23 Å². The molecule has 0 radical (unpaired) electrons. The molecule has 31 heavy (non-hydrogen) atoms. The van der Waals surface area contributed by atoms with E-state index in [1.54, 1.807) is 0 Å². The van der Waals surface area contributed by atoms with Crippen molar-refractivity contribution in [2.75, 3.05) is 13.0 Å². The first-order valence-electron chi connectivity index (χ1n) is 12.0. The van der Waals surface area contributed by atoms with Crippen molar-refractivity contribution in [3.05, 3.63) is 91.0 Å². The summed E-state index contributed by atoms with van der Waals surface area (Å²) in [5, 5.41) is 4.18. The number of unbranched alkanes of at least 4 members (excludes halogenated alkanes) is 7. The number of benzene rings is 3. The van der Waals surface area contributed by atoms with Crippen molar-refractivity contribution in [1.29, 1.82) is 0 Å². The highest BCUT2D eigenvalue weighted by molar-refractivity contribution is 7.95. The van der Waals surface area contributed by atoms with Crippen LogP contribution in [0.25, 0.3) is 0 Å². The van der Waals surface area contributed by atoms with Crippen LogP contribution in [0, 0.1) is 0 Å². The van der Waals surface area contributed by atoms with E-state index in [1.165, 1.54) is 60.9 Å². The van der Waals surface area contributed by atoms with Gasteiger partial charge in [0.15, 0.2) is 6.35 Å². The van der Waals surface area contributed by atoms with Gasteiger partial charge in [-0.3, -0.25) is 0 Å². The average Bonchev–Trinajstić information content (AvgIpc) is 2.84. The molecule has 0 saturated carbocycles. The summed E-state index contributed by atoms with van der Waals surface area (Å²) in [4.78, 5) is 0. The molecule has 0 amide bonds. The average molecular weight is 434 g/mol. The Morgan fingerprint density at radius 2 is 0.903 bits per heavy atom. The third-order valence-corrected chi connectivity index (χ3v) is 10.1. The lowest BCUT2D eigenvalue weighted by molar-refractivity contribution is 0.174. The van der Waals surface area contributed by atoms with Gasteiger partial charge in [-0.15, -0.1) is 0 Å². The van der Waals surface area contributed by atoms with Crippen LogP contribution in [0.2, 0.25) is 0 Å². The quantitative estimate of drug-likeness (QED) is 0.195. The van der Waals surface area contributed by atoms with Crippen LogP contribution in [-0.2, 0) is 4.74 Å². The second kappa shape index (κ2) is 13.5. The molecule has 0 bridgehead atoms. The lowest BCUT2D eigenvalue weighted by atomic mass is 10.1. The second-order valence-corrected chi connectivity index (χ2v) is 11.8. The maximum atomic E-state index is 6.46. The van der Waals surface area contributed by atoms with Gasteiger partial charge in [0.1, 0.15) is 23.2 Å². The predicted molar refractivity (Wildman–Crippen MR) is 139 cm³/mol. The molecule has 164 valence electrons. The highest BCUT2D eigenvalue weighted by Gasteiger charge is 2.45. The molecule has 3 rings (SSSR count). The monoisotopic (exact) mass is 433 g/mol. The van der Waals surface area contributed by atoms with E-state index >= 15 is 0 Å². The van der Waals surface area contributed by atoms with E-state index < -0.39 is 7.26 Å². The molecule has 3 aromatic rings. The summed E-state index contributed by atoms with van der Waals surface area (Å²) in [5.74, 6) is 0. The maximum Gasteiger partial charge on any atom is 0.171 e. The van der Waals surface area contributed by atoms with Gasteiger partial charge in [0.25, 0.3) is 0 Å². The molecule has 3 aromatic carbocycles. The van der Waals surface area contributed by atoms with Crippen LogP contribution >= 0.6 is 7.26 Å². The van der Waals surface area contributed by atoms with Gasteiger partial charge in [0, 0.05) is 0 Å². The molecule has 0 fully saturated rings. The Hall–Kier alpha value is -1.95. The molecule has 0 aromatic heterocycles. The van der Waals surface area contributed by atoms with Crippen LogP contribution in [0.3, 0.4) is 0 Å². The summed E-state index contributed by atoms with van der Waals surface area (Å²) in [6.45, 7) is 3.13. The molecule has 0 spiro atoms. The Balaban J connectivity index is 1.70. The van der Waals surface area contributed by atoms with Crippen LogP contribution in [0.5, 0.6) is 0 Å². The smallest absolute Gasteiger partial charge is 0.171 e. The molecule has 0 heterocycles. The van der Waals surface area contributed by atoms with Crippen molar-refractivity contribution in [2.24, 2.45) is 0 Å². The Morgan fingerprint density at radius 3 is 1.32 bits per heavy atom. The van der Waals surface area contributed by atoms with Gasteiger partial charge in [0.2, 0.25) is 0 Å². The van der Waals surface area contributed by atoms with Crippen molar-refractivity contribution in [3.8, 4) is 0 Å². The second-order valence-electron chi connectivity index (χ2n) is 8.33. The van der Waals surface area contributed by atoms with E-state index in [0.29, 0.717) is 0 Å². The normalized spacial score (nSPS) is 11.5. The van der Waals surface area contributed by atoms with Crippen molar-refractivity contribution in [2.45, 2.75) is 58.3 Å². The molecule has 0 atom stereocenters. The van der Waals surface area contributed by atoms with E-state index in [4.69, 9.17) is 4.74 Å². The highest BCUT2D eigenvalue weighted by atomic mass is 31.2. The molecular formula is C29H38OP+. The molecule has 0 saturated heterocycles. The van der Waals surface area contributed by atoms with Crippen LogP contribution in [0.4, 0.5) is 0 Å². The fraction of sp³-hybridized carbons (Fsp3) is 0.379. The van der Waals surface area contributed by atoms with Gasteiger partial charge in [-0.2, -0.15) is 0 Å². The first-order chi connectivity index (χ1) is 15.4. The van der Waals surface area contributed by atoms with Crippen LogP contribution in [0.1, 0.15) is 58.3 Å². The number of hydrogen-bond acceptors (Lipinski definition) is 1. The molecule has 0 aliphatic carbocycles. The Bertz CT molecular complexity index is 736. The summed E-state index contributed by atoms with van der Waals surface area (Å²) in [5.41, 5.74) is 0. The van der Waals surface area contributed by atoms with E-state index in [1.807, 2.05) is 0 Å². The van der Waals surface area contributed by atoms with E-state index in [9.17, 15) is 0 Å². The number of ether oxygens (including phenoxy) is 1. The summed E-state index contributed by atoms with van der Waals surface area (Å²) in [6.07, 6.45) is 11.4. The lowest BCUT2D eigenvalue weighted by Gasteiger charge is -2.27. The summed E-state index contributed by atoms with van der Waals surface area (Å²) in [6, 6.07) is 33.0. The van der Waals surface area contributed by atoms with Crippen molar-refractivity contribution < 1.29 is 4.74 Å². The zero-order valence-electron chi connectivity index (χ0n) is 19.1. The Labute approximate surface area is 190 Å². The Morgan fingerprint density at radius 1 is 0.516 bits per heavy atom. The van der Waals surface area contributed by atoms with Crippen molar-refractivity contribution >= 4 is 23.2 Å². The minimum Gasteiger partial charge on any atom is -0.345 e. The SMILES string of the molecule is CCCCCCCCCCOC[P+](c1ccccc1)(c1ccccc1)c1ccccc1. The molecular weight excluding hydrogens is 395 g/mol. The number of rotatable bonds is 14. The van der Waals surface area contributed by atoms with Gasteiger partial charge in [-0.1, -0.05) is 106 Å². The standard InChI is InChI=1S/C29H38OP/c1-2-3-4-5-6-7-8-18-25-30-26-31(27-19-12-9-13-20-27,28-21-14-10-15-22-28)29-23-16-11-17-24-29/h9-17,19-24H,2-8,18,25-26H2,1H3/q+1. The molecule has 1 nitrogen and oxygen atoms in total. The maximum absolute atomic E-state index is 6.46. The zero-order valence-corrected chi connectivity index (χ0v) is 20.0. The van der Waals surface area contributed by atoms with Crippen molar-refractivity contribution in [3.63, 3.8) is 0 Å². The van der Waals surface area contributed by atoms with Crippen LogP contribution in [0.15, 0.2) is 91.0 Å². The number of hydrogen-bond donors (Lipinski definition) is 0. The minimum atomic E-state index is -1.85. The van der Waals surface area contributed by atoms with E-state index in [2.05, 4.69) is 97.9 Å². The molecule has 0 aliphatic heterocycles. The summed E-state index contributed by atoms with van der Waals surface area (Å²) >= 11 is 0. The van der Waals surface area contributed by atoms with E-state index in [0.717, 1.165) is 19.4 Å². The fourth-order valence-electron chi connectivity index (χ4n) is 4.26. The first kappa shape index (κ1) is 23.7. The molecule has 2 heteroatoms. The first-order valence-corrected chi connectivity index (χ1v) is 14.0. The summed E-state index contributed by atoms with van der Waals surface area (Å²) in [7, 11) is -1.85. The highest BCUT2D eigenvalue weighted by Crippen LogP contribution is 2.55. The van der Waals surface area contributed by atoms with Crippen LogP contribution in [-0.4, -0.2) is 13.0 Å². The van der Waals surface area contributed by atoms with Gasteiger partial charge >= 0.3 is 0 Å². The molecule has 0 N–H and O–H groups in total. The van der Waals surface area contributed by atoms with Gasteiger partial charge in [-0.05, 0) is 42.8 Å². The van der Waals surface area contributed by atoms with Gasteiger partial charge in [0.05, 0.1) is 6.61 Å². The molecule has 0 aliphatic rings. The van der Waals surface area contributed by atoms with Gasteiger partial charge < -0.3 is 4.74 Å². The Kier molecular flexibility index (Phi) is 10.3. The lowest BCUT2D eigenvalue weighted by Crippen LogP contribution is -2.34. The minimum absolute atomic E-state index is 0.765. The fourth-order valence-corrected chi connectivity index (χ4v) is 8.05.